The first-order valence-electron chi connectivity index (χ1n) is 4.69. The third-order valence-corrected chi connectivity index (χ3v) is 2.30. The molecule has 0 aliphatic carbocycles. The molecular weight excluding hydrogens is 178 g/mol. The Labute approximate surface area is 82.8 Å². The van der Waals surface area contributed by atoms with Crippen LogP contribution in [0, 0.1) is 0 Å². The SMILES string of the molecule is NC(C1=COCCC1)c1cncnc1. The van der Waals surface area contributed by atoms with E-state index in [1.807, 2.05) is 0 Å². The van der Waals surface area contributed by atoms with E-state index in [9.17, 15) is 0 Å². The summed E-state index contributed by atoms with van der Waals surface area (Å²) < 4.78 is 5.24. The van der Waals surface area contributed by atoms with E-state index in [1.165, 1.54) is 6.33 Å². The molecule has 0 aromatic carbocycles. The molecule has 0 amide bonds. The van der Waals surface area contributed by atoms with Crippen LogP contribution in [0.25, 0.3) is 0 Å². The van der Waals surface area contributed by atoms with Crippen molar-refractivity contribution < 1.29 is 4.74 Å². The molecule has 2 rings (SSSR count). The van der Waals surface area contributed by atoms with Gasteiger partial charge < -0.3 is 10.5 Å². The third-order valence-electron chi connectivity index (χ3n) is 2.30. The van der Waals surface area contributed by atoms with Crippen molar-refractivity contribution >= 4 is 0 Å². The predicted octanol–water partition coefficient (Wildman–Crippen LogP) is 1.17. The van der Waals surface area contributed by atoms with Gasteiger partial charge in [-0.05, 0) is 18.4 Å². The number of rotatable bonds is 2. The van der Waals surface area contributed by atoms with E-state index in [0.717, 1.165) is 30.6 Å². The highest BCUT2D eigenvalue weighted by Gasteiger charge is 2.14. The molecule has 1 aromatic rings. The van der Waals surface area contributed by atoms with Crippen LogP contribution in [0.1, 0.15) is 24.4 Å². The fourth-order valence-electron chi connectivity index (χ4n) is 1.50. The maximum atomic E-state index is 6.04. The average Bonchev–Trinajstić information content (AvgIpc) is 2.30. The van der Waals surface area contributed by atoms with Crippen LogP contribution in [0.5, 0.6) is 0 Å². The van der Waals surface area contributed by atoms with Crippen LogP contribution in [0.3, 0.4) is 0 Å². The highest BCUT2D eigenvalue weighted by atomic mass is 16.5. The zero-order chi connectivity index (χ0) is 9.80. The normalized spacial score (nSPS) is 18.2. The minimum absolute atomic E-state index is 0.128. The molecule has 2 N–H and O–H groups in total. The highest BCUT2D eigenvalue weighted by Crippen LogP contribution is 2.24. The van der Waals surface area contributed by atoms with Gasteiger partial charge in [0.1, 0.15) is 6.33 Å². The van der Waals surface area contributed by atoms with Crippen molar-refractivity contribution in [2.45, 2.75) is 18.9 Å². The van der Waals surface area contributed by atoms with Gasteiger partial charge in [0.2, 0.25) is 0 Å². The Morgan fingerprint density at radius 3 is 2.79 bits per heavy atom. The van der Waals surface area contributed by atoms with E-state index in [1.54, 1.807) is 18.7 Å². The van der Waals surface area contributed by atoms with Gasteiger partial charge in [-0.3, -0.25) is 0 Å². The van der Waals surface area contributed by atoms with Crippen LogP contribution >= 0.6 is 0 Å². The molecular formula is C10H13N3O. The van der Waals surface area contributed by atoms with Crippen LogP contribution in [0.4, 0.5) is 0 Å². The zero-order valence-electron chi connectivity index (χ0n) is 7.89. The van der Waals surface area contributed by atoms with E-state index in [0.29, 0.717) is 0 Å². The Morgan fingerprint density at radius 1 is 1.36 bits per heavy atom. The van der Waals surface area contributed by atoms with Crippen molar-refractivity contribution in [3.05, 3.63) is 36.1 Å². The van der Waals surface area contributed by atoms with Gasteiger partial charge in [0.15, 0.2) is 0 Å². The summed E-state index contributed by atoms with van der Waals surface area (Å²) in [4.78, 5) is 7.88. The summed E-state index contributed by atoms with van der Waals surface area (Å²) in [6.07, 6.45) is 8.78. The maximum Gasteiger partial charge on any atom is 0.115 e. The number of nitrogens with zero attached hydrogens (tertiary/aromatic N) is 2. The summed E-state index contributed by atoms with van der Waals surface area (Å²) in [6, 6.07) is -0.128. The maximum absolute atomic E-state index is 6.04. The van der Waals surface area contributed by atoms with Crippen LogP contribution in [0.2, 0.25) is 0 Å². The summed E-state index contributed by atoms with van der Waals surface area (Å²) in [6.45, 7) is 0.793. The second-order valence-corrected chi connectivity index (χ2v) is 3.32. The first-order chi connectivity index (χ1) is 6.88. The first kappa shape index (κ1) is 9.15. The van der Waals surface area contributed by atoms with Crippen molar-refractivity contribution in [3.63, 3.8) is 0 Å². The summed E-state index contributed by atoms with van der Waals surface area (Å²) >= 11 is 0. The first-order valence-corrected chi connectivity index (χ1v) is 4.69. The third kappa shape index (κ3) is 1.90. The van der Waals surface area contributed by atoms with E-state index >= 15 is 0 Å². The van der Waals surface area contributed by atoms with Gasteiger partial charge in [-0.2, -0.15) is 0 Å². The van der Waals surface area contributed by atoms with Gasteiger partial charge in [0.25, 0.3) is 0 Å². The summed E-state index contributed by atoms with van der Waals surface area (Å²) in [5, 5.41) is 0. The summed E-state index contributed by atoms with van der Waals surface area (Å²) in [7, 11) is 0. The van der Waals surface area contributed by atoms with Gasteiger partial charge in [-0.15, -0.1) is 0 Å². The van der Waals surface area contributed by atoms with Crippen molar-refractivity contribution in [1.82, 2.24) is 9.97 Å². The average molecular weight is 191 g/mol. The molecule has 0 radical (unpaired) electrons. The second-order valence-electron chi connectivity index (χ2n) is 3.32. The van der Waals surface area contributed by atoms with Crippen molar-refractivity contribution in [2.75, 3.05) is 6.61 Å². The van der Waals surface area contributed by atoms with Crippen molar-refractivity contribution in [2.24, 2.45) is 5.73 Å². The second kappa shape index (κ2) is 4.19. The molecule has 14 heavy (non-hydrogen) atoms. The molecule has 0 bridgehead atoms. The number of ether oxygens (including phenoxy) is 1. The topological polar surface area (TPSA) is 61.0 Å². The zero-order valence-corrected chi connectivity index (χ0v) is 7.89. The van der Waals surface area contributed by atoms with Crippen molar-refractivity contribution in [3.8, 4) is 0 Å². The number of nitrogens with two attached hydrogens (primary N) is 1. The standard InChI is InChI=1S/C10H13N3O/c11-10(8-2-1-3-14-6-8)9-4-12-7-13-5-9/h4-7,10H,1-3,11H2. The smallest absolute Gasteiger partial charge is 0.115 e. The quantitative estimate of drug-likeness (QED) is 0.762. The molecule has 0 saturated carbocycles. The van der Waals surface area contributed by atoms with Gasteiger partial charge in [0, 0.05) is 18.0 Å². The van der Waals surface area contributed by atoms with Gasteiger partial charge in [-0.25, -0.2) is 9.97 Å². The molecule has 1 atom stereocenters. The molecule has 0 spiro atoms. The molecule has 4 nitrogen and oxygen atoms in total. The largest absolute Gasteiger partial charge is 0.501 e. The molecule has 1 aliphatic heterocycles. The lowest BCUT2D eigenvalue weighted by atomic mass is 9.98. The van der Waals surface area contributed by atoms with Gasteiger partial charge in [0.05, 0.1) is 18.9 Å². The van der Waals surface area contributed by atoms with Crippen molar-refractivity contribution in [1.29, 1.82) is 0 Å². The Kier molecular flexibility index (Phi) is 2.74. The molecule has 1 aromatic heterocycles. The van der Waals surface area contributed by atoms with E-state index in [-0.39, 0.29) is 6.04 Å². The monoisotopic (exact) mass is 191 g/mol. The Morgan fingerprint density at radius 2 is 2.14 bits per heavy atom. The van der Waals surface area contributed by atoms with Crippen LogP contribution < -0.4 is 5.73 Å². The van der Waals surface area contributed by atoms with Gasteiger partial charge >= 0.3 is 0 Å². The number of hydrogen-bond acceptors (Lipinski definition) is 4. The summed E-state index contributed by atoms with van der Waals surface area (Å²) in [5.74, 6) is 0. The summed E-state index contributed by atoms with van der Waals surface area (Å²) in [5.41, 5.74) is 8.09. The molecule has 2 heterocycles. The molecule has 1 aliphatic rings. The molecule has 0 saturated heterocycles. The fraction of sp³-hybridized carbons (Fsp3) is 0.400. The molecule has 4 heteroatoms. The lowest BCUT2D eigenvalue weighted by molar-refractivity contribution is 0.221. The fourth-order valence-corrected chi connectivity index (χ4v) is 1.50. The number of hydrogen-bond donors (Lipinski definition) is 1. The molecule has 74 valence electrons. The van der Waals surface area contributed by atoms with Crippen LogP contribution in [-0.4, -0.2) is 16.6 Å². The van der Waals surface area contributed by atoms with E-state index < -0.39 is 0 Å². The number of aromatic nitrogens is 2. The Hall–Kier alpha value is -1.42. The van der Waals surface area contributed by atoms with Crippen LogP contribution in [-0.2, 0) is 4.74 Å². The van der Waals surface area contributed by atoms with Crippen LogP contribution in [0.15, 0.2) is 30.6 Å². The predicted molar refractivity (Wildman–Crippen MR) is 52.2 cm³/mol. The lowest BCUT2D eigenvalue weighted by Gasteiger charge is -2.19. The van der Waals surface area contributed by atoms with Gasteiger partial charge in [-0.1, -0.05) is 0 Å². The Balaban J connectivity index is 2.15. The van der Waals surface area contributed by atoms with E-state index in [4.69, 9.17) is 10.5 Å². The van der Waals surface area contributed by atoms with E-state index in [2.05, 4.69) is 9.97 Å². The molecule has 1 unspecified atom stereocenters. The Bertz CT molecular complexity index is 323. The molecule has 0 fully saturated rings. The highest BCUT2D eigenvalue weighted by molar-refractivity contribution is 5.22. The minimum atomic E-state index is -0.128. The lowest BCUT2D eigenvalue weighted by Crippen LogP contribution is -2.16. The minimum Gasteiger partial charge on any atom is -0.501 e.